The zero-order valence-electron chi connectivity index (χ0n) is 9.98. The van der Waals surface area contributed by atoms with E-state index in [1.807, 2.05) is 0 Å². The molecule has 1 aliphatic heterocycles. The van der Waals surface area contributed by atoms with E-state index in [4.69, 9.17) is 5.73 Å². The average Bonchev–Trinajstić information content (AvgIpc) is 2.71. The van der Waals surface area contributed by atoms with Crippen LogP contribution in [0.25, 0.3) is 10.9 Å². The number of rotatable bonds is 3. The van der Waals surface area contributed by atoms with Crippen LogP contribution in [0.3, 0.4) is 0 Å². The topological polar surface area (TPSA) is 30.9 Å². The fourth-order valence-corrected chi connectivity index (χ4v) is 3.73. The third-order valence-electron chi connectivity index (χ3n) is 3.51. The van der Waals surface area contributed by atoms with Crippen molar-refractivity contribution in [3.63, 3.8) is 0 Å². The van der Waals surface area contributed by atoms with Gasteiger partial charge in [0.1, 0.15) is 0 Å². The summed E-state index contributed by atoms with van der Waals surface area (Å²) < 4.78 is 2.50. The Kier molecular flexibility index (Phi) is 3.12. The predicted octanol–water partition coefficient (Wildman–Crippen LogP) is 2.78. The van der Waals surface area contributed by atoms with Crippen molar-refractivity contribution in [3.8, 4) is 0 Å². The molecule has 0 atom stereocenters. The molecule has 0 saturated heterocycles. The Morgan fingerprint density at radius 2 is 2.18 bits per heavy atom. The third kappa shape index (κ3) is 1.87. The molecule has 2 heterocycles. The van der Waals surface area contributed by atoms with E-state index in [0.717, 1.165) is 19.5 Å². The van der Waals surface area contributed by atoms with E-state index in [-0.39, 0.29) is 0 Å². The molecule has 0 aliphatic carbocycles. The smallest absolute Gasteiger partial charge is 0.0485 e. The van der Waals surface area contributed by atoms with Crippen LogP contribution in [0.1, 0.15) is 17.7 Å². The number of nitrogens with two attached hydrogens (primary N) is 1. The maximum Gasteiger partial charge on any atom is 0.0485 e. The third-order valence-corrected chi connectivity index (χ3v) is 4.50. The van der Waals surface area contributed by atoms with Crippen molar-refractivity contribution in [3.05, 3.63) is 35.5 Å². The molecule has 0 unspecified atom stereocenters. The predicted molar refractivity (Wildman–Crippen MR) is 75.5 cm³/mol. The van der Waals surface area contributed by atoms with Crippen LogP contribution in [0.4, 0.5) is 0 Å². The Balaban J connectivity index is 2.17. The van der Waals surface area contributed by atoms with Crippen LogP contribution >= 0.6 is 11.8 Å². The Hall–Kier alpha value is -0.930. The van der Waals surface area contributed by atoms with Gasteiger partial charge in [-0.2, -0.15) is 11.8 Å². The molecule has 1 aromatic heterocycles. The Bertz CT molecular complexity index is 530. The summed E-state index contributed by atoms with van der Waals surface area (Å²) >= 11 is 2.05. The molecular weight excluding hydrogens is 228 g/mol. The van der Waals surface area contributed by atoms with Gasteiger partial charge < -0.3 is 10.3 Å². The highest BCUT2D eigenvalue weighted by Crippen LogP contribution is 2.33. The number of benzene rings is 1. The van der Waals surface area contributed by atoms with Gasteiger partial charge >= 0.3 is 0 Å². The van der Waals surface area contributed by atoms with E-state index < -0.39 is 0 Å². The first kappa shape index (κ1) is 11.2. The largest absolute Gasteiger partial charge is 0.344 e. The summed E-state index contributed by atoms with van der Waals surface area (Å²) in [5.74, 6) is 2.43. The highest BCUT2D eigenvalue weighted by molar-refractivity contribution is 7.98. The van der Waals surface area contributed by atoms with Crippen molar-refractivity contribution >= 4 is 22.7 Å². The highest BCUT2D eigenvalue weighted by Gasteiger charge is 2.19. The Morgan fingerprint density at radius 3 is 3.06 bits per heavy atom. The molecule has 0 fully saturated rings. The van der Waals surface area contributed by atoms with Crippen molar-refractivity contribution in [2.45, 2.75) is 25.1 Å². The minimum atomic E-state index is 0.774. The SMILES string of the molecule is NCCCn1c2c(c3ccccc31)CSCC2. The molecule has 1 aliphatic rings. The maximum atomic E-state index is 5.65. The number of nitrogens with zero attached hydrogens (tertiary/aromatic N) is 1. The van der Waals surface area contributed by atoms with Crippen molar-refractivity contribution in [2.24, 2.45) is 5.73 Å². The second-order valence-electron chi connectivity index (χ2n) is 4.54. The second kappa shape index (κ2) is 4.75. The molecule has 2 nitrogen and oxygen atoms in total. The van der Waals surface area contributed by atoms with Crippen molar-refractivity contribution in [2.75, 3.05) is 12.3 Å². The fourth-order valence-electron chi connectivity index (χ4n) is 2.72. The van der Waals surface area contributed by atoms with Gasteiger partial charge in [0.25, 0.3) is 0 Å². The number of hydrogen-bond donors (Lipinski definition) is 1. The molecule has 0 spiro atoms. The van der Waals surface area contributed by atoms with Gasteiger partial charge in [-0.3, -0.25) is 0 Å². The van der Waals surface area contributed by atoms with E-state index in [1.54, 1.807) is 11.3 Å². The molecule has 0 bridgehead atoms. The number of hydrogen-bond acceptors (Lipinski definition) is 2. The van der Waals surface area contributed by atoms with E-state index in [1.165, 1.54) is 28.8 Å². The molecule has 3 heteroatoms. The summed E-state index contributed by atoms with van der Waals surface area (Å²) in [4.78, 5) is 0. The summed E-state index contributed by atoms with van der Waals surface area (Å²) in [5.41, 5.74) is 10.2. The molecule has 0 radical (unpaired) electrons. The summed E-state index contributed by atoms with van der Waals surface area (Å²) in [6.45, 7) is 1.84. The van der Waals surface area contributed by atoms with Crippen LogP contribution < -0.4 is 5.73 Å². The van der Waals surface area contributed by atoms with E-state index in [9.17, 15) is 0 Å². The zero-order chi connectivity index (χ0) is 11.7. The molecule has 1 aromatic carbocycles. The Labute approximate surface area is 106 Å². The molecule has 17 heavy (non-hydrogen) atoms. The normalized spacial score (nSPS) is 15.1. The first-order valence-electron chi connectivity index (χ1n) is 6.28. The lowest BCUT2D eigenvalue weighted by atomic mass is 10.1. The van der Waals surface area contributed by atoms with E-state index in [2.05, 4.69) is 40.6 Å². The van der Waals surface area contributed by atoms with Crippen molar-refractivity contribution in [1.82, 2.24) is 4.57 Å². The lowest BCUT2D eigenvalue weighted by molar-refractivity contribution is 0.643. The fraction of sp³-hybridized carbons (Fsp3) is 0.429. The van der Waals surface area contributed by atoms with Crippen LogP contribution in [-0.4, -0.2) is 16.9 Å². The standard InChI is InChI=1S/C14H18N2S/c15-7-3-8-16-13-5-2-1-4-11(13)12-10-17-9-6-14(12)16/h1-2,4-5H,3,6-10,15H2. The molecule has 0 saturated carbocycles. The number of thioether (sulfide) groups is 1. The summed E-state index contributed by atoms with van der Waals surface area (Å²) in [6.07, 6.45) is 2.28. The number of aryl methyl sites for hydroxylation is 1. The maximum absolute atomic E-state index is 5.65. The molecule has 2 aromatic rings. The summed E-state index contributed by atoms with van der Waals surface area (Å²) in [7, 11) is 0. The van der Waals surface area contributed by atoms with Crippen LogP contribution in [0.2, 0.25) is 0 Å². The quantitative estimate of drug-likeness (QED) is 0.903. The van der Waals surface area contributed by atoms with Gasteiger partial charge in [0.05, 0.1) is 0 Å². The first-order chi connectivity index (χ1) is 8.42. The van der Waals surface area contributed by atoms with Crippen LogP contribution in [0.5, 0.6) is 0 Å². The number of fused-ring (bicyclic) bond motifs is 3. The van der Waals surface area contributed by atoms with E-state index >= 15 is 0 Å². The van der Waals surface area contributed by atoms with Gasteiger partial charge in [-0.25, -0.2) is 0 Å². The minimum Gasteiger partial charge on any atom is -0.344 e. The minimum absolute atomic E-state index is 0.774. The first-order valence-corrected chi connectivity index (χ1v) is 7.44. The highest BCUT2D eigenvalue weighted by atomic mass is 32.2. The number of para-hydroxylation sites is 1. The van der Waals surface area contributed by atoms with Gasteiger partial charge in [0, 0.05) is 28.9 Å². The van der Waals surface area contributed by atoms with Crippen molar-refractivity contribution < 1.29 is 0 Å². The number of aromatic nitrogens is 1. The van der Waals surface area contributed by atoms with Gasteiger partial charge in [-0.15, -0.1) is 0 Å². The van der Waals surface area contributed by atoms with Crippen LogP contribution in [0.15, 0.2) is 24.3 Å². The van der Waals surface area contributed by atoms with Gasteiger partial charge in [-0.1, -0.05) is 18.2 Å². The monoisotopic (exact) mass is 246 g/mol. The van der Waals surface area contributed by atoms with E-state index in [0.29, 0.717) is 0 Å². The lowest BCUT2D eigenvalue weighted by Gasteiger charge is -2.15. The molecule has 90 valence electrons. The van der Waals surface area contributed by atoms with Gasteiger partial charge in [-0.05, 0) is 36.8 Å². The zero-order valence-corrected chi connectivity index (χ0v) is 10.8. The Morgan fingerprint density at radius 1 is 1.29 bits per heavy atom. The average molecular weight is 246 g/mol. The molecular formula is C14H18N2S. The van der Waals surface area contributed by atoms with Gasteiger partial charge in [0.2, 0.25) is 0 Å². The molecule has 3 rings (SSSR count). The molecule has 2 N–H and O–H groups in total. The second-order valence-corrected chi connectivity index (χ2v) is 5.64. The van der Waals surface area contributed by atoms with Crippen LogP contribution in [0, 0.1) is 0 Å². The summed E-state index contributed by atoms with van der Waals surface area (Å²) in [6, 6.07) is 8.79. The lowest BCUT2D eigenvalue weighted by Crippen LogP contribution is -2.11. The molecule has 0 amide bonds. The van der Waals surface area contributed by atoms with Crippen LogP contribution in [-0.2, 0) is 18.7 Å². The van der Waals surface area contributed by atoms with Crippen molar-refractivity contribution in [1.29, 1.82) is 0 Å². The summed E-state index contributed by atoms with van der Waals surface area (Å²) in [5, 5.41) is 1.45. The van der Waals surface area contributed by atoms with Gasteiger partial charge in [0.15, 0.2) is 0 Å².